The fraction of sp³-hybridized carbons (Fsp3) is 0.596. The highest BCUT2D eigenvalue weighted by Crippen LogP contribution is 2.68. The Morgan fingerprint density at radius 3 is 2.42 bits per heavy atom. The van der Waals surface area contributed by atoms with Crippen molar-refractivity contribution in [2.24, 2.45) is 11.3 Å². The maximum atomic E-state index is 15.4. The van der Waals surface area contributed by atoms with Gasteiger partial charge in [0.25, 0.3) is 0 Å². The number of aliphatic hydroxyl groups is 2. The Kier molecular flexibility index (Phi) is 9.77. The lowest BCUT2D eigenvalue weighted by Gasteiger charge is -2.63. The monoisotopic (exact) mass is 824 g/mol. The number of aromatic nitrogens is 1. The fourth-order valence-electron chi connectivity index (χ4n) is 13.7. The third kappa shape index (κ3) is 5.34. The molecular weight excluding hydrogens is 765 g/mol. The number of nitrogens with zero attached hydrogens (tertiary/aromatic N) is 3. The predicted molar refractivity (Wildman–Crippen MR) is 225 cm³/mol. The first-order valence-electron chi connectivity index (χ1n) is 21.7. The molecular formula is C47H60N4O9. The van der Waals surface area contributed by atoms with Gasteiger partial charge in [-0.3, -0.25) is 14.5 Å². The average molecular weight is 825 g/mol. The summed E-state index contributed by atoms with van der Waals surface area (Å²) in [6.07, 6.45) is 6.84. The van der Waals surface area contributed by atoms with Crippen molar-refractivity contribution in [2.75, 3.05) is 66.0 Å². The van der Waals surface area contributed by atoms with Crippen LogP contribution in [0.2, 0.25) is 0 Å². The summed E-state index contributed by atoms with van der Waals surface area (Å²) in [5.74, 6) is -1.56. The van der Waals surface area contributed by atoms with Crippen molar-refractivity contribution in [2.45, 2.75) is 106 Å². The topological polar surface area (TPSA) is 154 Å². The van der Waals surface area contributed by atoms with Gasteiger partial charge in [-0.25, -0.2) is 4.79 Å². The molecule has 2 saturated heterocycles. The number of methoxy groups -OCH3 is 3. The Morgan fingerprint density at radius 2 is 1.72 bits per heavy atom. The highest BCUT2D eigenvalue weighted by atomic mass is 16.6. The number of anilines is 1. The third-order valence-corrected chi connectivity index (χ3v) is 15.8. The number of esters is 3. The molecule has 10 atom stereocenters. The molecule has 13 heteroatoms. The summed E-state index contributed by atoms with van der Waals surface area (Å²) < 4.78 is 24.0. The van der Waals surface area contributed by atoms with Crippen molar-refractivity contribution in [3.8, 4) is 5.75 Å². The number of carbonyl (C=O) groups excluding carboxylic acids is 3. The third-order valence-electron chi connectivity index (χ3n) is 15.8. The summed E-state index contributed by atoms with van der Waals surface area (Å²) in [7, 11) is 6.17. The van der Waals surface area contributed by atoms with Crippen LogP contribution in [0.4, 0.5) is 5.69 Å². The SMILES string of the molecule is CC[C@]1(O)C[C@H]2CN(CCCc3c([nH]c4ccccc34)[C@@](C(=O)OC)(c3cc4c(cc3OC)N(C)[C@H]3[C@@](O)(C(=O)OC)[C@H](OC(C)=O)[C@]5(CC)C=CCN6CC[C@]43[C@@H]65)C2)C1. The molecule has 2 bridgehead atoms. The van der Waals surface area contributed by atoms with Crippen LogP contribution in [0.25, 0.3) is 10.9 Å². The number of aryl methyl sites for hydroxylation is 1. The lowest BCUT2D eigenvalue weighted by atomic mass is 9.47. The summed E-state index contributed by atoms with van der Waals surface area (Å²) in [5, 5.41) is 26.4. The van der Waals surface area contributed by atoms with Crippen molar-refractivity contribution in [3.05, 3.63) is 70.9 Å². The van der Waals surface area contributed by atoms with Crippen molar-refractivity contribution in [3.63, 3.8) is 0 Å². The van der Waals surface area contributed by atoms with Gasteiger partial charge in [0.1, 0.15) is 11.2 Å². The van der Waals surface area contributed by atoms with Crippen LogP contribution in [0.5, 0.6) is 5.75 Å². The van der Waals surface area contributed by atoms with Crippen LogP contribution in [-0.4, -0.2) is 133 Å². The number of aromatic amines is 1. The Balaban J connectivity index is 1.37. The van der Waals surface area contributed by atoms with E-state index in [1.807, 2.05) is 50.1 Å². The molecule has 1 aliphatic carbocycles. The van der Waals surface area contributed by atoms with E-state index in [1.54, 1.807) is 7.11 Å². The number of H-pyrrole nitrogens is 1. The maximum Gasteiger partial charge on any atom is 0.344 e. The van der Waals surface area contributed by atoms with Crippen LogP contribution < -0.4 is 9.64 Å². The molecule has 1 spiro atoms. The number of likely N-dealkylation sites (N-methyl/N-ethyl adjacent to an activating group) is 1. The molecule has 1 unspecified atom stereocenters. The molecule has 1 aromatic heterocycles. The van der Waals surface area contributed by atoms with Gasteiger partial charge >= 0.3 is 17.9 Å². The number of ether oxygens (including phenoxy) is 4. The lowest BCUT2D eigenvalue weighted by Crippen LogP contribution is -2.81. The molecule has 13 nitrogen and oxygen atoms in total. The standard InChI is InChI=1S/C47H60N4O9/c1-8-43(55)24-29-25-46(41(53)58-6,37-31(15-12-19-50(26-29)27-43)30-14-10-11-16-34(30)48-37)33-22-32-35(23-36(33)57-5)49(4)39-45(32)18-21-51-20-13-17-44(9-2,38(45)51)40(60-28(3)52)47(39,56)42(54)59-7/h10-11,13-14,16-17,22-23,29,38-40,48,55-56H,8-9,12,15,18-21,24-27H2,1-7H3/t29-,38+,39-,40-,43+,44-,45-,46+,47+/m1/s1. The number of hydrogen-bond acceptors (Lipinski definition) is 12. The lowest BCUT2D eigenvalue weighted by molar-refractivity contribution is -0.228. The van der Waals surface area contributed by atoms with E-state index in [2.05, 4.69) is 39.1 Å². The van der Waals surface area contributed by atoms with Crippen molar-refractivity contribution in [1.82, 2.24) is 14.8 Å². The van der Waals surface area contributed by atoms with E-state index in [9.17, 15) is 19.8 Å². The number of rotatable bonds is 7. The molecule has 322 valence electrons. The van der Waals surface area contributed by atoms with Gasteiger partial charge in [-0.1, -0.05) is 44.2 Å². The van der Waals surface area contributed by atoms with Gasteiger partial charge in [0, 0.05) is 84.4 Å². The van der Waals surface area contributed by atoms with Gasteiger partial charge in [-0.15, -0.1) is 0 Å². The van der Waals surface area contributed by atoms with Gasteiger partial charge in [-0.05, 0) is 87.2 Å². The molecule has 1 saturated carbocycles. The van der Waals surface area contributed by atoms with E-state index < -0.39 is 57.5 Å². The van der Waals surface area contributed by atoms with Gasteiger partial charge in [0.2, 0.25) is 5.60 Å². The van der Waals surface area contributed by atoms with Crippen LogP contribution in [-0.2, 0) is 45.8 Å². The van der Waals surface area contributed by atoms with E-state index in [0.717, 1.165) is 46.4 Å². The minimum atomic E-state index is -2.30. The first-order valence-corrected chi connectivity index (χ1v) is 21.7. The Hall–Kier alpha value is -4.43. The van der Waals surface area contributed by atoms with Gasteiger partial charge in [0.15, 0.2) is 6.10 Å². The zero-order valence-corrected chi connectivity index (χ0v) is 36.0. The Bertz CT molecular complexity index is 2270. The number of benzene rings is 2. The molecule has 0 radical (unpaired) electrons. The molecule has 6 aliphatic rings. The van der Waals surface area contributed by atoms with Crippen molar-refractivity contribution >= 4 is 34.5 Å². The zero-order chi connectivity index (χ0) is 42.6. The molecule has 60 heavy (non-hydrogen) atoms. The number of hydrogen-bond donors (Lipinski definition) is 3. The normalized spacial score (nSPS) is 36.8. The van der Waals surface area contributed by atoms with Gasteiger partial charge in [0.05, 0.1) is 33.0 Å². The molecule has 9 rings (SSSR count). The van der Waals surface area contributed by atoms with E-state index >= 15 is 4.79 Å². The van der Waals surface area contributed by atoms with Crippen LogP contribution in [0.1, 0.15) is 81.7 Å². The number of fused-ring (bicyclic) bond motifs is 6. The molecule has 5 aliphatic heterocycles. The summed E-state index contributed by atoms with van der Waals surface area (Å²) in [4.78, 5) is 53.3. The molecule has 3 N–H and O–H groups in total. The second-order valence-corrected chi connectivity index (χ2v) is 18.6. The number of nitrogens with one attached hydrogen (secondary N) is 1. The van der Waals surface area contributed by atoms with Gasteiger partial charge < -0.3 is 43.9 Å². The first kappa shape index (κ1) is 40.9. The number of carbonyl (C=O) groups is 3. The van der Waals surface area contributed by atoms with Crippen LogP contribution in [0.3, 0.4) is 0 Å². The van der Waals surface area contributed by atoms with E-state index in [4.69, 9.17) is 18.9 Å². The molecule has 6 heterocycles. The molecule has 0 amide bonds. The van der Waals surface area contributed by atoms with Crippen LogP contribution in [0, 0.1) is 11.3 Å². The summed E-state index contributed by atoms with van der Waals surface area (Å²) in [6.45, 7) is 8.77. The summed E-state index contributed by atoms with van der Waals surface area (Å²) in [6, 6.07) is 11.0. The molecule has 3 aromatic rings. The fourth-order valence-corrected chi connectivity index (χ4v) is 13.7. The van der Waals surface area contributed by atoms with Crippen LogP contribution in [0.15, 0.2) is 48.6 Å². The van der Waals surface area contributed by atoms with Crippen LogP contribution >= 0.6 is 0 Å². The van der Waals surface area contributed by atoms with Crippen molar-refractivity contribution in [1.29, 1.82) is 0 Å². The molecule has 3 fully saturated rings. The smallest absolute Gasteiger partial charge is 0.344 e. The van der Waals surface area contributed by atoms with E-state index in [1.165, 1.54) is 21.1 Å². The first-order chi connectivity index (χ1) is 28.7. The second kappa shape index (κ2) is 14.3. The minimum Gasteiger partial charge on any atom is -0.496 e. The maximum absolute atomic E-state index is 15.4. The van der Waals surface area contributed by atoms with E-state index in [0.29, 0.717) is 76.0 Å². The van der Waals surface area contributed by atoms with E-state index in [-0.39, 0.29) is 12.0 Å². The number of para-hydroxylation sites is 1. The minimum absolute atomic E-state index is 0.103. The average Bonchev–Trinajstić information content (AvgIpc) is 3.90. The largest absolute Gasteiger partial charge is 0.496 e. The Labute approximate surface area is 352 Å². The van der Waals surface area contributed by atoms with Gasteiger partial charge in [-0.2, -0.15) is 0 Å². The Morgan fingerprint density at radius 1 is 0.950 bits per heavy atom. The molecule has 2 aromatic carbocycles. The summed E-state index contributed by atoms with van der Waals surface area (Å²) >= 11 is 0. The zero-order valence-electron chi connectivity index (χ0n) is 36.0. The quantitative estimate of drug-likeness (QED) is 0.176. The summed E-state index contributed by atoms with van der Waals surface area (Å²) in [5.41, 5.74) is -1.58. The highest BCUT2D eigenvalue weighted by Gasteiger charge is 2.80. The second-order valence-electron chi connectivity index (χ2n) is 18.6. The highest BCUT2D eigenvalue weighted by molar-refractivity contribution is 5.95. The predicted octanol–water partition coefficient (Wildman–Crippen LogP) is 4.38. The number of piperidine rings is 1. The van der Waals surface area contributed by atoms with Crippen molar-refractivity contribution < 1.29 is 43.5 Å².